The summed E-state index contributed by atoms with van der Waals surface area (Å²) in [4.78, 5) is 29.1. The molecule has 0 aliphatic carbocycles. The van der Waals surface area contributed by atoms with E-state index < -0.39 is 0 Å². The molecular formula is C21H21N3O4S. The van der Waals surface area contributed by atoms with Gasteiger partial charge in [-0.05, 0) is 50.2 Å². The van der Waals surface area contributed by atoms with E-state index in [1.165, 1.54) is 11.5 Å². The van der Waals surface area contributed by atoms with Crippen LogP contribution in [-0.4, -0.2) is 32.9 Å². The molecule has 0 aliphatic rings. The van der Waals surface area contributed by atoms with Crippen LogP contribution in [0.3, 0.4) is 0 Å². The number of aromatic hydroxyl groups is 1. The van der Waals surface area contributed by atoms with Gasteiger partial charge in [-0.15, -0.1) is 0 Å². The normalized spacial score (nSPS) is 10.6. The fraction of sp³-hybridized carbons (Fsp3) is 0.190. The van der Waals surface area contributed by atoms with E-state index in [0.29, 0.717) is 18.0 Å². The average Bonchev–Trinajstić information content (AvgIpc) is 2.73. The second-order valence-electron chi connectivity index (χ2n) is 6.11. The number of hydrogen-bond donors (Lipinski definition) is 2. The van der Waals surface area contributed by atoms with Crippen LogP contribution in [-0.2, 0) is 4.79 Å². The van der Waals surface area contributed by atoms with Gasteiger partial charge in [0.05, 0.1) is 23.6 Å². The zero-order valence-corrected chi connectivity index (χ0v) is 16.9. The van der Waals surface area contributed by atoms with Crippen LogP contribution in [0.25, 0.3) is 5.69 Å². The van der Waals surface area contributed by atoms with Crippen molar-refractivity contribution in [1.82, 2.24) is 9.55 Å². The highest BCUT2D eigenvalue weighted by Gasteiger charge is 2.16. The molecule has 0 aliphatic heterocycles. The third-order valence-corrected chi connectivity index (χ3v) is 4.99. The zero-order chi connectivity index (χ0) is 20.8. The lowest BCUT2D eigenvalue weighted by Gasteiger charge is -2.13. The van der Waals surface area contributed by atoms with E-state index in [-0.39, 0.29) is 33.8 Å². The number of nitrogens with one attached hydrogen (secondary N) is 1. The van der Waals surface area contributed by atoms with E-state index in [4.69, 9.17) is 4.74 Å². The fourth-order valence-electron chi connectivity index (χ4n) is 2.60. The van der Waals surface area contributed by atoms with Crippen LogP contribution in [0, 0.1) is 6.92 Å². The highest BCUT2D eigenvalue weighted by Crippen LogP contribution is 2.22. The topological polar surface area (TPSA) is 93.5 Å². The van der Waals surface area contributed by atoms with E-state index in [0.717, 1.165) is 17.5 Å². The number of rotatable bonds is 7. The Morgan fingerprint density at radius 3 is 2.52 bits per heavy atom. The molecule has 0 atom stereocenters. The van der Waals surface area contributed by atoms with Gasteiger partial charge in [-0.25, -0.2) is 0 Å². The molecule has 29 heavy (non-hydrogen) atoms. The van der Waals surface area contributed by atoms with E-state index in [9.17, 15) is 14.7 Å². The monoisotopic (exact) mass is 411 g/mol. The molecule has 3 aromatic rings. The number of aromatic nitrogens is 2. The summed E-state index contributed by atoms with van der Waals surface area (Å²) in [6.45, 7) is 3.98. The van der Waals surface area contributed by atoms with Crippen LogP contribution in [0.4, 0.5) is 5.69 Å². The molecule has 0 spiro atoms. The van der Waals surface area contributed by atoms with E-state index >= 15 is 0 Å². The Bertz CT molecular complexity index is 1050. The number of carbonyl (C=O) groups excluding carboxylic acids is 1. The molecule has 2 N–H and O–H groups in total. The van der Waals surface area contributed by atoms with Crippen LogP contribution >= 0.6 is 11.8 Å². The number of benzene rings is 2. The van der Waals surface area contributed by atoms with Gasteiger partial charge in [-0.3, -0.25) is 14.2 Å². The van der Waals surface area contributed by atoms with Gasteiger partial charge in [0.25, 0.3) is 5.56 Å². The molecule has 1 amide bonds. The van der Waals surface area contributed by atoms with Crippen molar-refractivity contribution in [1.29, 1.82) is 0 Å². The standard InChI is InChI=1S/C21H21N3O4S/c1-3-28-17-11-9-15(10-12-17)22-18(25)13-29-21-23-19(26)14(2)20(27)24(21)16-7-5-4-6-8-16/h4-12,26H,3,13H2,1-2H3,(H,22,25). The summed E-state index contributed by atoms with van der Waals surface area (Å²) in [6, 6.07) is 16.0. The Hall–Kier alpha value is -3.26. The van der Waals surface area contributed by atoms with E-state index in [1.807, 2.05) is 13.0 Å². The van der Waals surface area contributed by atoms with Gasteiger partial charge in [-0.1, -0.05) is 30.0 Å². The zero-order valence-electron chi connectivity index (χ0n) is 16.1. The van der Waals surface area contributed by atoms with Crippen LogP contribution in [0.1, 0.15) is 12.5 Å². The molecule has 2 aromatic carbocycles. The van der Waals surface area contributed by atoms with Gasteiger partial charge in [-0.2, -0.15) is 4.98 Å². The molecule has 7 nitrogen and oxygen atoms in total. The smallest absolute Gasteiger partial charge is 0.265 e. The van der Waals surface area contributed by atoms with Crippen molar-refractivity contribution in [2.45, 2.75) is 19.0 Å². The Labute approximate surface area is 172 Å². The van der Waals surface area contributed by atoms with Gasteiger partial charge >= 0.3 is 0 Å². The van der Waals surface area contributed by atoms with Crippen LogP contribution in [0.2, 0.25) is 0 Å². The maximum Gasteiger partial charge on any atom is 0.265 e. The molecule has 1 aromatic heterocycles. The minimum absolute atomic E-state index is 0.0228. The quantitative estimate of drug-likeness (QED) is 0.457. The SMILES string of the molecule is CCOc1ccc(NC(=O)CSc2nc(O)c(C)c(=O)n2-c2ccccc2)cc1. The third kappa shape index (κ3) is 4.97. The van der Waals surface area contributed by atoms with Crippen molar-refractivity contribution in [3.8, 4) is 17.3 Å². The lowest BCUT2D eigenvalue weighted by Crippen LogP contribution is -2.24. The predicted molar refractivity (Wildman–Crippen MR) is 113 cm³/mol. The summed E-state index contributed by atoms with van der Waals surface area (Å²) in [6.07, 6.45) is 0. The maximum absolute atomic E-state index is 12.7. The molecule has 0 bridgehead atoms. The Morgan fingerprint density at radius 2 is 1.86 bits per heavy atom. The Balaban J connectivity index is 1.76. The summed E-state index contributed by atoms with van der Waals surface area (Å²) in [7, 11) is 0. The van der Waals surface area contributed by atoms with Gasteiger partial charge in [0.15, 0.2) is 5.16 Å². The van der Waals surface area contributed by atoms with Crippen molar-refractivity contribution >= 4 is 23.4 Å². The maximum atomic E-state index is 12.7. The molecular weight excluding hydrogens is 390 g/mol. The van der Waals surface area contributed by atoms with E-state index in [2.05, 4.69) is 10.3 Å². The molecule has 150 valence electrons. The number of amides is 1. The van der Waals surface area contributed by atoms with Crippen molar-refractivity contribution in [3.05, 3.63) is 70.5 Å². The first-order valence-electron chi connectivity index (χ1n) is 9.03. The van der Waals surface area contributed by atoms with Crippen LogP contribution in [0.15, 0.2) is 64.5 Å². The Morgan fingerprint density at radius 1 is 1.17 bits per heavy atom. The van der Waals surface area contributed by atoms with Crippen LogP contribution in [0.5, 0.6) is 11.6 Å². The summed E-state index contributed by atoms with van der Waals surface area (Å²) in [5.74, 6) is 0.158. The van der Waals surface area contributed by atoms with Gasteiger partial charge in [0.2, 0.25) is 11.8 Å². The first kappa shape index (κ1) is 20.5. The lowest BCUT2D eigenvalue weighted by atomic mass is 10.3. The number of anilines is 1. The predicted octanol–water partition coefficient (Wildman–Crippen LogP) is 3.38. The minimum atomic E-state index is -0.377. The fourth-order valence-corrected chi connectivity index (χ4v) is 3.41. The highest BCUT2D eigenvalue weighted by molar-refractivity contribution is 7.99. The molecule has 8 heteroatoms. The lowest BCUT2D eigenvalue weighted by molar-refractivity contribution is -0.113. The highest BCUT2D eigenvalue weighted by atomic mass is 32.2. The van der Waals surface area contributed by atoms with Gasteiger partial charge in [0.1, 0.15) is 5.75 Å². The third-order valence-electron chi connectivity index (χ3n) is 4.05. The number of nitrogens with zero attached hydrogens (tertiary/aromatic N) is 2. The number of thioether (sulfide) groups is 1. The average molecular weight is 411 g/mol. The van der Waals surface area contributed by atoms with Gasteiger partial charge < -0.3 is 15.2 Å². The largest absolute Gasteiger partial charge is 0.494 e. The number of carbonyl (C=O) groups is 1. The van der Waals surface area contributed by atoms with Crippen molar-refractivity contribution < 1.29 is 14.6 Å². The van der Waals surface area contributed by atoms with Crippen LogP contribution < -0.4 is 15.6 Å². The number of hydrogen-bond acceptors (Lipinski definition) is 6. The second-order valence-corrected chi connectivity index (χ2v) is 7.06. The first-order valence-corrected chi connectivity index (χ1v) is 10.0. The minimum Gasteiger partial charge on any atom is -0.494 e. The number of para-hydroxylation sites is 1. The summed E-state index contributed by atoms with van der Waals surface area (Å²) < 4.78 is 6.77. The second kappa shape index (κ2) is 9.29. The first-order chi connectivity index (χ1) is 14.0. The van der Waals surface area contributed by atoms with Crippen molar-refractivity contribution in [3.63, 3.8) is 0 Å². The number of ether oxygens (including phenoxy) is 1. The van der Waals surface area contributed by atoms with Crippen molar-refractivity contribution in [2.24, 2.45) is 0 Å². The van der Waals surface area contributed by atoms with E-state index in [1.54, 1.807) is 48.5 Å². The molecule has 0 saturated carbocycles. The van der Waals surface area contributed by atoms with Gasteiger partial charge in [0, 0.05) is 5.69 Å². The molecule has 1 heterocycles. The van der Waals surface area contributed by atoms with Crippen molar-refractivity contribution in [2.75, 3.05) is 17.7 Å². The summed E-state index contributed by atoms with van der Waals surface area (Å²) >= 11 is 1.07. The molecule has 3 rings (SSSR count). The Kier molecular flexibility index (Phi) is 6.56. The molecule has 0 radical (unpaired) electrons. The summed E-state index contributed by atoms with van der Waals surface area (Å²) in [5.41, 5.74) is 1.02. The molecule has 0 fully saturated rings. The molecule has 0 saturated heterocycles. The molecule has 0 unspecified atom stereocenters. The summed E-state index contributed by atoms with van der Waals surface area (Å²) in [5, 5.41) is 13.0.